The van der Waals surface area contributed by atoms with Crippen LogP contribution >= 0.6 is 0 Å². The molecule has 0 fully saturated rings. The van der Waals surface area contributed by atoms with E-state index >= 15 is 0 Å². The standard InChI is InChI=1S/C8H17FO/c1-6(7(2,3)4)8(5,9)10/h6,10H,1-5H3/t6-,8+/m0/s1. The van der Waals surface area contributed by atoms with Crippen molar-refractivity contribution in [2.45, 2.75) is 40.5 Å². The van der Waals surface area contributed by atoms with E-state index in [-0.39, 0.29) is 11.3 Å². The Morgan fingerprint density at radius 2 is 1.50 bits per heavy atom. The lowest BCUT2D eigenvalue weighted by atomic mass is 9.78. The van der Waals surface area contributed by atoms with E-state index in [1.807, 2.05) is 20.8 Å². The Morgan fingerprint density at radius 1 is 1.20 bits per heavy atom. The Bertz CT molecular complexity index is 93.4. The quantitative estimate of drug-likeness (QED) is 0.605. The van der Waals surface area contributed by atoms with Crippen LogP contribution in [0.25, 0.3) is 0 Å². The van der Waals surface area contributed by atoms with Crippen molar-refractivity contribution in [2.24, 2.45) is 11.3 Å². The van der Waals surface area contributed by atoms with Gasteiger partial charge < -0.3 is 5.11 Å². The molecule has 0 heterocycles. The van der Waals surface area contributed by atoms with E-state index in [1.165, 1.54) is 6.92 Å². The summed E-state index contributed by atoms with van der Waals surface area (Å²) in [5.41, 5.74) is -0.182. The molecule has 0 rings (SSSR count). The molecule has 0 aromatic rings. The zero-order chi connectivity index (χ0) is 8.58. The second-order valence-corrected chi connectivity index (χ2v) is 4.11. The predicted octanol–water partition coefficient (Wildman–Crippen LogP) is 2.35. The second kappa shape index (κ2) is 2.50. The largest absolute Gasteiger partial charge is 0.362 e. The van der Waals surface area contributed by atoms with Crippen molar-refractivity contribution in [1.82, 2.24) is 0 Å². The predicted molar refractivity (Wildman–Crippen MR) is 40.4 cm³/mol. The lowest BCUT2D eigenvalue weighted by Crippen LogP contribution is -2.36. The minimum Gasteiger partial charge on any atom is -0.362 e. The third kappa shape index (κ3) is 2.65. The highest BCUT2D eigenvalue weighted by molar-refractivity contribution is 4.78. The van der Waals surface area contributed by atoms with Crippen LogP contribution in [0.1, 0.15) is 34.6 Å². The summed E-state index contributed by atoms with van der Waals surface area (Å²) in [6.45, 7) is 8.63. The lowest BCUT2D eigenvalue weighted by molar-refractivity contribution is -0.142. The lowest BCUT2D eigenvalue weighted by Gasteiger charge is -2.33. The first-order valence-corrected chi connectivity index (χ1v) is 3.57. The first-order chi connectivity index (χ1) is 4.15. The molecule has 0 amide bonds. The van der Waals surface area contributed by atoms with Crippen molar-refractivity contribution < 1.29 is 9.50 Å². The summed E-state index contributed by atoms with van der Waals surface area (Å²) in [5.74, 6) is -2.40. The van der Waals surface area contributed by atoms with E-state index in [1.54, 1.807) is 6.92 Å². The monoisotopic (exact) mass is 148 g/mol. The van der Waals surface area contributed by atoms with Gasteiger partial charge in [-0.05, 0) is 12.3 Å². The van der Waals surface area contributed by atoms with Gasteiger partial charge >= 0.3 is 0 Å². The normalized spacial score (nSPS) is 21.9. The molecule has 0 unspecified atom stereocenters. The summed E-state index contributed by atoms with van der Waals surface area (Å²) in [5, 5.41) is 8.96. The highest BCUT2D eigenvalue weighted by Crippen LogP contribution is 2.34. The molecule has 1 nitrogen and oxygen atoms in total. The number of alkyl halides is 1. The molecule has 0 aliphatic rings. The highest BCUT2D eigenvalue weighted by atomic mass is 19.2. The molecule has 1 N–H and O–H groups in total. The molecular formula is C8H17FO. The Labute approximate surface area is 62.3 Å². The van der Waals surface area contributed by atoms with Crippen LogP contribution in [-0.2, 0) is 0 Å². The molecule has 0 aromatic carbocycles. The molecule has 2 atom stereocenters. The van der Waals surface area contributed by atoms with Crippen molar-refractivity contribution in [3.05, 3.63) is 0 Å². The molecule has 0 saturated carbocycles. The van der Waals surface area contributed by atoms with Gasteiger partial charge in [-0.25, -0.2) is 4.39 Å². The third-order valence-electron chi connectivity index (χ3n) is 2.09. The average Bonchev–Trinajstić information content (AvgIpc) is 1.59. The van der Waals surface area contributed by atoms with Gasteiger partial charge in [0, 0.05) is 5.92 Å². The summed E-state index contributed by atoms with van der Waals surface area (Å²) in [6, 6.07) is 0. The highest BCUT2D eigenvalue weighted by Gasteiger charge is 2.36. The summed E-state index contributed by atoms with van der Waals surface area (Å²) < 4.78 is 12.8. The molecule has 0 bridgehead atoms. The van der Waals surface area contributed by atoms with Gasteiger partial charge in [-0.2, -0.15) is 0 Å². The molecule has 0 aliphatic heterocycles. The molecular weight excluding hydrogens is 131 g/mol. The van der Waals surface area contributed by atoms with E-state index in [0.29, 0.717) is 0 Å². The number of hydrogen-bond acceptors (Lipinski definition) is 1. The van der Waals surface area contributed by atoms with Gasteiger partial charge in [-0.1, -0.05) is 27.7 Å². The molecule has 2 heteroatoms. The fraction of sp³-hybridized carbons (Fsp3) is 1.00. The Kier molecular flexibility index (Phi) is 2.47. The molecule has 0 radical (unpaired) electrons. The van der Waals surface area contributed by atoms with Crippen LogP contribution in [0.15, 0.2) is 0 Å². The fourth-order valence-electron chi connectivity index (χ4n) is 0.790. The van der Waals surface area contributed by atoms with E-state index in [4.69, 9.17) is 5.11 Å². The first-order valence-electron chi connectivity index (χ1n) is 3.57. The van der Waals surface area contributed by atoms with E-state index in [0.717, 1.165) is 0 Å². The Hall–Kier alpha value is -0.110. The van der Waals surface area contributed by atoms with Gasteiger partial charge in [-0.15, -0.1) is 0 Å². The van der Waals surface area contributed by atoms with Crippen molar-refractivity contribution in [2.75, 3.05) is 0 Å². The van der Waals surface area contributed by atoms with Crippen LogP contribution in [0, 0.1) is 11.3 Å². The summed E-state index contributed by atoms with van der Waals surface area (Å²) >= 11 is 0. The minimum absolute atomic E-state index is 0.182. The summed E-state index contributed by atoms with van der Waals surface area (Å²) in [7, 11) is 0. The van der Waals surface area contributed by atoms with Crippen LogP contribution in [0.5, 0.6) is 0 Å². The average molecular weight is 148 g/mol. The third-order valence-corrected chi connectivity index (χ3v) is 2.09. The zero-order valence-corrected chi connectivity index (χ0v) is 7.40. The topological polar surface area (TPSA) is 20.2 Å². The molecule has 0 saturated heterocycles. The molecule has 0 aromatic heterocycles. The maximum absolute atomic E-state index is 12.8. The van der Waals surface area contributed by atoms with Gasteiger partial charge in [-0.3, -0.25) is 0 Å². The molecule has 0 aliphatic carbocycles. The van der Waals surface area contributed by atoms with E-state index in [2.05, 4.69) is 0 Å². The number of halogens is 1. The number of rotatable bonds is 1. The summed E-state index contributed by atoms with van der Waals surface area (Å²) in [4.78, 5) is 0. The second-order valence-electron chi connectivity index (χ2n) is 4.11. The minimum atomic E-state index is -2.06. The fourth-order valence-corrected chi connectivity index (χ4v) is 0.790. The van der Waals surface area contributed by atoms with Crippen molar-refractivity contribution >= 4 is 0 Å². The zero-order valence-electron chi connectivity index (χ0n) is 7.40. The SMILES string of the molecule is C[C@@H](C(C)(C)C)[C@@](C)(O)F. The maximum Gasteiger partial charge on any atom is 0.206 e. The van der Waals surface area contributed by atoms with E-state index in [9.17, 15) is 4.39 Å². The van der Waals surface area contributed by atoms with Crippen molar-refractivity contribution in [3.8, 4) is 0 Å². The van der Waals surface area contributed by atoms with Gasteiger partial charge in [0.05, 0.1) is 0 Å². The van der Waals surface area contributed by atoms with Crippen molar-refractivity contribution in [3.63, 3.8) is 0 Å². The van der Waals surface area contributed by atoms with E-state index < -0.39 is 5.85 Å². The first kappa shape index (κ1) is 9.89. The summed E-state index contributed by atoms with van der Waals surface area (Å²) in [6.07, 6.45) is 0. The van der Waals surface area contributed by atoms with Gasteiger partial charge in [0.1, 0.15) is 0 Å². The van der Waals surface area contributed by atoms with Crippen LogP contribution in [-0.4, -0.2) is 11.0 Å². The van der Waals surface area contributed by atoms with Crippen molar-refractivity contribution in [1.29, 1.82) is 0 Å². The van der Waals surface area contributed by atoms with Gasteiger partial charge in [0.2, 0.25) is 5.85 Å². The van der Waals surface area contributed by atoms with Crippen LogP contribution in [0.4, 0.5) is 4.39 Å². The Morgan fingerprint density at radius 3 is 1.50 bits per heavy atom. The molecule has 10 heavy (non-hydrogen) atoms. The number of aliphatic hydroxyl groups is 1. The van der Waals surface area contributed by atoms with Gasteiger partial charge in [0.25, 0.3) is 0 Å². The molecule has 62 valence electrons. The number of hydrogen-bond donors (Lipinski definition) is 1. The molecule has 0 spiro atoms. The van der Waals surface area contributed by atoms with Crippen LogP contribution < -0.4 is 0 Å². The smallest absolute Gasteiger partial charge is 0.206 e. The van der Waals surface area contributed by atoms with Crippen LogP contribution in [0.2, 0.25) is 0 Å². The Balaban J connectivity index is 4.23. The van der Waals surface area contributed by atoms with Gasteiger partial charge in [0.15, 0.2) is 0 Å². The maximum atomic E-state index is 12.8. The van der Waals surface area contributed by atoms with Crippen LogP contribution in [0.3, 0.4) is 0 Å².